The molecule has 0 spiro atoms. The Kier molecular flexibility index (Phi) is 7.68. The van der Waals surface area contributed by atoms with Crippen LogP contribution in [0.4, 0.5) is 0 Å². The zero-order valence-electron chi connectivity index (χ0n) is 23.7. The van der Waals surface area contributed by atoms with Gasteiger partial charge in [0.1, 0.15) is 5.82 Å². The number of fused-ring (bicyclic) bond motifs is 1. The Hall–Kier alpha value is -3.71. The van der Waals surface area contributed by atoms with E-state index in [2.05, 4.69) is 56.9 Å². The lowest BCUT2D eigenvalue weighted by Crippen LogP contribution is -2.34. The van der Waals surface area contributed by atoms with E-state index < -0.39 is 5.97 Å². The number of piperidine rings is 1. The number of carboxylic acid groups (broad SMARTS) is 1. The zero-order chi connectivity index (χ0) is 29.5. The zero-order valence-corrected chi connectivity index (χ0v) is 25.2. The number of halogens is 2. The Bertz CT molecular complexity index is 1710. The first-order valence-electron chi connectivity index (χ1n) is 14.9. The summed E-state index contributed by atoms with van der Waals surface area (Å²) in [7, 11) is 0. The summed E-state index contributed by atoms with van der Waals surface area (Å²) < 4.78 is 2.55. The van der Waals surface area contributed by atoms with E-state index in [1.54, 1.807) is 6.07 Å². The molecule has 0 amide bonds. The topological polar surface area (TPSA) is 71.2 Å². The molecule has 3 heterocycles. The van der Waals surface area contributed by atoms with Crippen LogP contribution in [0.3, 0.4) is 0 Å². The molecule has 1 saturated carbocycles. The smallest absolute Gasteiger partial charge is 0.337 e. The molecule has 2 aromatic heterocycles. The van der Waals surface area contributed by atoms with Crippen molar-refractivity contribution >= 4 is 40.2 Å². The number of carbonyl (C=O) groups is 1. The van der Waals surface area contributed by atoms with Crippen LogP contribution in [0.1, 0.15) is 82.1 Å². The third kappa shape index (κ3) is 5.92. The summed E-state index contributed by atoms with van der Waals surface area (Å²) >= 11 is 12.5. The number of aromatic nitrogens is 3. The molecule has 218 valence electrons. The standard InChI is InChI=1S/C35H32Cl2N4O2/c36-27-9-3-22(4-10-27)33(23-5-11-28(37)12-6-23)25-8-14-31-32(19-25)41(34(39-31)24-1-2-24)30-15-17-40(18-16-30)21-29-13-7-26(20-38-29)35(42)43/h3-14,19-20,24,30,33H,1-2,15-18,21H2,(H,42,43). The molecule has 5 aromatic rings. The van der Waals surface area contributed by atoms with Crippen molar-refractivity contribution in [2.45, 2.75) is 50.1 Å². The average Bonchev–Trinajstić information content (AvgIpc) is 3.80. The molecule has 7 rings (SSSR count). The fourth-order valence-corrected chi connectivity index (χ4v) is 6.67. The number of aromatic carboxylic acids is 1. The number of pyridine rings is 1. The number of benzene rings is 3. The van der Waals surface area contributed by atoms with Crippen molar-refractivity contribution in [2.24, 2.45) is 0 Å². The van der Waals surface area contributed by atoms with Gasteiger partial charge in [0, 0.05) is 53.8 Å². The van der Waals surface area contributed by atoms with Crippen molar-refractivity contribution in [1.82, 2.24) is 19.4 Å². The molecular formula is C35H32Cl2N4O2. The monoisotopic (exact) mass is 610 g/mol. The summed E-state index contributed by atoms with van der Waals surface area (Å²) in [5.41, 5.74) is 6.95. The summed E-state index contributed by atoms with van der Waals surface area (Å²) in [6.45, 7) is 2.63. The van der Waals surface area contributed by atoms with Crippen LogP contribution in [0.5, 0.6) is 0 Å². The second-order valence-corrected chi connectivity index (χ2v) is 12.6. The van der Waals surface area contributed by atoms with Crippen LogP contribution in [0.15, 0.2) is 85.1 Å². The second kappa shape index (κ2) is 11.8. The summed E-state index contributed by atoms with van der Waals surface area (Å²) in [5, 5.41) is 10.6. The van der Waals surface area contributed by atoms with Crippen molar-refractivity contribution < 1.29 is 9.90 Å². The van der Waals surface area contributed by atoms with E-state index in [1.807, 2.05) is 30.3 Å². The van der Waals surface area contributed by atoms with Gasteiger partial charge in [-0.1, -0.05) is 53.5 Å². The molecule has 8 heteroatoms. The van der Waals surface area contributed by atoms with Crippen molar-refractivity contribution in [3.63, 3.8) is 0 Å². The van der Waals surface area contributed by atoms with Crippen LogP contribution >= 0.6 is 23.2 Å². The lowest BCUT2D eigenvalue weighted by molar-refractivity contribution is 0.0696. The third-order valence-corrected chi connectivity index (χ3v) is 9.31. The van der Waals surface area contributed by atoms with Gasteiger partial charge in [0.2, 0.25) is 0 Å². The Balaban J connectivity index is 1.20. The number of rotatable bonds is 8. The van der Waals surface area contributed by atoms with Gasteiger partial charge in [-0.05, 0) is 90.9 Å². The molecule has 0 radical (unpaired) electrons. The second-order valence-electron chi connectivity index (χ2n) is 11.7. The van der Waals surface area contributed by atoms with Crippen LogP contribution < -0.4 is 0 Å². The molecule has 43 heavy (non-hydrogen) atoms. The molecule has 1 saturated heterocycles. The van der Waals surface area contributed by atoms with E-state index in [1.165, 1.54) is 47.1 Å². The fraction of sp³-hybridized carbons (Fsp3) is 0.286. The van der Waals surface area contributed by atoms with E-state index in [-0.39, 0.29) is 11.5 Å². The summed E-state index contributed by atoms with van der Waals surface area (Å²) in [6, 6.07) is 26.8. The quantitative estimate of drug-likeness (QED) is 0.179. The maximum atomic E-state index is 11.2. The van der Waals surface area contributed by atoms with Crippen molar-refractivity contribution in [3.05, 3.63) is 129 Å². The van der Waals surface area contributed by atoms with E-state index in [0.29, 0.717) is 12.0 Å². The first-order chi connectivity index (χ1) is 20.9. The van der Waals surface area contributed by atoms with Gasteiger partial charge in [-0.2, -0.15) is 0 Å². The van der Waals surface area contributed by atoms with Gasteiger partial charge in [-0.25, -0.2) is 9.78 Å². The molecule has 0 unspecified atom stereocenters. The van der Waals surface area contributed by atoms with E-state index in [9.17, 15) is 9.90 Å². The lowest BCUT2D eigenvalue weighted by atomic mass is 9.85. The lowest BCUT2D eigenvalue weighted by Gasteiger charge is -2.33. The highest BCUT2D eigenvalue weighted by Crippen LogP contribution is 2.44. The molecule has 0 atom stereocenters. The highest BCUT2D eigenvalue weighted by Gasteiger charge is 2.33. The largest absolute Gasteiger partial charge is 0.478 e. The summed E-state index contributed by atoms with van der Waals surface area (Å²) in [4.78, 5) is 23.2. The van der Waals surface area contributed by atoms with Crippen LogP contribution in [0.25, 0.3) is 11.0 Å². The number of hydrogen-bond acceptors (Lipinski definition) is 4. The number of hydrogen-bond donors (Lipinski definition) is 1. The number of nitrogens with zero attached hydrogens (tertiary/aromatic N) is 4. The van der Waals surface area contributed by atoms with E-state index in [4.69, 9.17) is 28.2 Å². The number of likely N-dealkylation sites (tertiary alicyclic amines) is 1. The van der Waals surface area contributed by atoms with E-state index in [0.717, 1.165) is 53.7 Å². The minimum absolute atomic E-state index is 0.0357. The van der Waals surface area contributed by atoms with Gasteiger partial charge in [0.15, 0.2) is 0 Å². The van der Waals surface area contributed by atoms with Gasteiger partial charge >= 0.3 is 5.97 Å². The Morgan fingerprint density at radius 3 is 2.02 bits per heavy atom. The molecular weight excluding hydrogens is 579 g/mol. The average molecular weight is 612 g/mol. The van der Waals surface area contributed by atoms with Crippen LogP contribution in [-0.4, -0.2) is 43.6 Å². The van der Waals surface area contributed by atoms with Gasteiger partial charge < -0.3 is 9.67 Å². The fourth-order valence-electron chi connectivity index (χ4n) is 6.42. The van der Waals surface area contributed by atoms with E-state index >= 15 is 0 Å². The Morgan fingerprint density at radius 2 is 1.47 bits per heavy atom. The first kappa shape index (κ1) is 28.1. The molecule has 1 aliphatic carbocycles. The summed E-state index contributed by atoms with van der Waals surface area (Å²) in [5.74, 6) is 0.850. The minimum atomic E-state index is -0.949. The highest BCUT2D eigenvalue weighted by atomic mass is 35.5. The SMILES string of the molecule is O=C(O)c1ccc(CN2CCC(n3c(C4CC4)nc4ccc(C(c5ccc(Cl)cc5)c5ccc(Cl)cc5)cc43)CC2)nc1. The Labute approximate surface area is 260 Å². The van der Waals surface area contributed by atoms with Crippen molar-refractivity contribution in [2.75, 3.05) is 13.1 Å². The predicted octanol–water partition coefficient (Wildman–Crippen LogP) is 8.33. The number of carboxylic acids is 1. The molecule has 2 fully saturated rings. The Morgan fingerprint density at radius 1 is 0.837 bits per heavy atom. The minimum Gasteiger partial charge on any atom is -0.478 e. The van der Waals surface area contributed by atoms with Gasteiger partial charge in [0.25, 0.3) is 0 Å². The van der Waals surface area contributed by atoms with Gasteiger partial charge in [-0.15, -0.1) is 0 Å². The molecule has 6 nitrogen and oxygen atoms in total. The van der Waals surface area contributed by atoms with Crippen molar-refractivity contribution in [3.8, 4) is 0 Å². The van der Waals surface area contributed by atoms with Gasteiger partial charge in [-0.3, -0.25) is 9.88 Å². The molecule has 3 aromatic carbocycles. The maximum Gasteiger partial charge on any atom is 0.337 e. The molecule has 1 N–H and O–H groups in total. The molecule has 0 bridgehead atoms. The predicted molar refractivity (Wildman–Crippen MR) is 170 cm³/mol. The third-order valence-electron chi connectivity index (χ3n) is 8.80. The van der Waals surface area contributed by atoms with Crippen LogP contribution in [0, 0.1) is 0 Å². The van der Waals surface area contributed by atoms with Crippen LogP contribution in [-0.2, 0) is 6.54 Å². The summed E-state index contributed by atoms with van der Waals surface area (Å²) in [6.07, 6.45) is 5.90. The highest BCUT2D eigenvalue weighted by molar-refractivity contribution is 6.30. The number of imidazole rings is 1. The normalized spacial score (nSPS) is 16.3. The molecule has 2 aliphatic rings. The van der Waals surface area contributed by atoms with Crippen LogP contribution in [0.2, 0.25) is 10.0 Å². The van der Waals surface area contributed by atoms with Crippen molar-refractivity contribution in [1.29, 1.82) is 0 Å². The maximum absolute atomic E-state index is 11.2. The first-order valence-corrected chi connectivity index (χ1v) is 15.6. The van der Waals surface area contributed by atoms with Gasteiger partial charge in [0.05, 0.1) is 22.3 Å². The molecule has 1 aliphatic heterocycles.